The zero-order valence-corrected chi connectivity index (χ0v) is 15.0. The molecule has 0 saturated carbocycles. The van der Waals surface area contributed by atoms with Crippen LogP contribution in [0.3, 0.4) is 0 Å². The van der Waals surface area contributed by atoms with Crippen LogP contribution >= 0.6 is 47.8 Å². The molecule has 0 aliphatic rings. The molecule has 0 atom stereocenters. The zero-order valence-electron chi connectivity index (χ0n) is 10.2. The van der Waals surface area contributed by atoms with Crippen LogP contribution in [0.1, 0.15) is 12.5 Å². The van der Waals surface area contributed by atoms with Crippen LogP contribution in [-0.2, 0) is 16.0 Å². The van der Waals surface area contributed by atoms with Crippen LogP contribution in [0.2, 0.25) is 0 Å². The van der Waals surface area contributed by atoms with E-state index in [1.807, 2.05) is 37.3 Å². The molecule has 0 saturated heterocycles. The summed E-state index contributed by atoms with van der Waals surface area (Å²) >= 11 is 9.73. The predicted octanol–water partition coefficient (Wildman–Crippen LogP) is 4.44. The third-order valence-corrected chi connectivity index (χ3v) is 3.49. The fraction of sp³-hybridized carbons (Fsp3) is 0.308. The van der Waals surface area contributed by atoms with E-state index in [2.05, 4.69) is 47.8 Å². The highest BCUT2D eigenvalue weighted by atomic mass is 80.0. The first kappa shape index (κ1) is 16.7. The van der Waals surface area contributed by atoms with E-state index in [1.165, 1.54) is 0 Å². The highest BCUT2D eigenvalue weighted by Crippen LogP contribution is 2.43. The number of rotatable bonds is 5. The number of carboxylic acids is 1. The molecule has 0 fully saturated rings. The van der Waals surface area contributed by atoms with Crippen LogP contribution in [0.25, 0.3) is 0 Å². The topological polar surface area (TPSA) is 46.5 Å². The van der Waals surface area contributed by atoms with E-state index in [0.717, 1.165) is 5.56 Å². The van der Waals surface area contributed by atoms with E-state index in [-0.39, 0.29) is 5.57 Å². The number of halogens is 3. The van der Waals surface area contributed by atoms with Gasteiger partial charge in [-0.05, 0) is 12.5 Å². The predicted molar refractivity (Wildman–Crippen MR) is 85.9 cm³/mol. The number of carboxylic acid groups (broad SMARTS) is 1. The van der Waals surface area contributed by atoms with Crippen LogP contribution in [0.4, 0.5) is 0 Å². The van der Waals surface area contributed by atoms with Gasteiger partial charge in [0.2, 0.25) is 0 Å². The smallest absolute Gasteiger partial charge is 0.338 e. The quantitative estimate of drug-likeness (QED) is 0.404. The van der Waals surface area contributed by atoms with Crippen molar-refractivity contribution in [2.24, 2.45) is 0 Å². The maximum Gasteiger partial charge on any atom is 0.338 e. The molecule has 0 bridgehead atoms. The lowest BCUT2D eigenvalue weighted by atomic mass is 10.1. The van der Waals surface area contributed by atoms with Gasteiger partial charge < -0.3 is 9.84 Å². The molecule has 1 aromatic rings. The summed E-state index contributed by atoms with van der Waals surface area (Å²) in [5, 5.41) is 9.36. The van der Waals surface area contributed by atoms with Gasteiger partial charge in [-0.15, -0.1) is 0 Å². The fourth-order valence-corrected chi connectivity index (χ4v) is 2.74. The number of hydrogen-bond acceptors (Lipinski definition) is 2. The summed E-state index contributed by atoms with van der Waals surface area (Å²) in [7, 11) is 0. The summed E-state index contributed by atoms with van der Waals surface area (Å²) in [5.41, 5.74) is 1.08. The Bertz CT molecular complexity index is 464. The van der Waals surface area contributed by atoms with E-state index >= 15 is 0 Å². The highest BCUT2D eigenvalue weighted by molar-refractivity contribution is 9.39. The van der Waals surface area contributed by atoms with Gasteiger partial charge >= 0.3 is 5.97 Å². The Balaban J connectivity index is 3.19. The first-order valence-electron chi connectivity index (χ1n) is 5.56. The summed E-state index contributed by atoms with van der Waals surface area (Å²) in [5.74, 6) is -0.642. The highest BCUT2D eigenvalue weighted by Gasteiger charge is 2.34. The SMILES string of the molecule is CCOC(Cc1ccccc1)=C(C(=O)O)C(Br)(Br)Br. The molecular formula is C13H13Br3O3. The average Bonchev–Trinajstić information content (AvgIpc) is 2.28. The van der Waals surface area contributed by atoms with Crippen LogP contribution in [0.5, 0.6) is 0 Å². The third-order valence-electron chi connectivity index (χ3n) is 2.30. The lowest BCUT2D eigenvalue weighted by Crippen LogP contribution is -2.19. The van der Waals surface area contributed by atoms with Gasteiger partial charge in [-0.1, -0.05) is 78.1 Å². The van der Waals surface area contributed by atoms with E-state index < -0.39 is 8.11 Å². The number of benzene rings is 1. The van der Waals surface area contributed by atoms with Gasteiger partial charge in [-0.2, -0.15) is 0 Å². The van der Waals surface area contributed by atoms with Crippen molar-refractivity contribution in [1.29, 1.82) is 0 Å². The Kier molecular flexibility index (Phi) is 6.56. The van der Waals surface area contributed by atoms with Gasteiger partial charge in [0.15, 0.2) is 2.14 Å². The molecule has 1 rings (SSSR count). The summed E-state index contributed by atoms with van der Waals surface area (Å²) in [6, 6.07) is 9.58. The van der Waals surface area contributed by atoms with Crippen molar-refractivity contribution in [3.8, 4) is 0 Å². The second-order valence-corrected chi connectivity index (χ2v) is 10.5. The van der Waals surface area contributed by atoms with Crippen molar-refractivity contribution in [3.63, 3.8) is 0 Å². The Labute approximate surface area is 137 Å². The van der Waals surface area contributed by atoms with Gasteiger partial charge in [-0.25, -0.2) is 4.79 Å². The zero-order chi connectivity index (χ0) is 14.5. The molecule has 3 nitrogen and oxygen atoms in total. The molecule has 0 amide bonds. The van der Waals surface area contributed by atoms with Crippen molar-refractivity contribution in [2.45, 2.75) is 15.5 Å². The monoisotopic (exact) mass is 454 g/mol. The fourth-order valence-electron chi connectivity index (χ4n) is 1.57. The molecule has 0 unspecified atom stereocenters. The Morgan fingerprint density at radius 2 is 1.84 bits per heavy atom. The number of ether oxygens (including phenoxy) is 1. The minimum atomic E-state index is -1.05. The van der Waals surface area contributed by atoms with Crippen LogP contribution < -0.4 is 0 Å². The van der Waals surface area contributed by atoms with Crippen molar-refractivity contribution in [2.75, 3.05) is 6.61 Å². The van der Waals surface area contributed by atoms with Gasteiger partial charge in [0.1, 0.15) is 11.3 Å². The molecule has 6 heteroatoms. The summed E-state index contributed by atoms with van der Waals surface area (Å²) < 4.78 is 4.49. The van der Waals surface area contributed by atoms with Gasteiger partial charge in [-0.3, -0.25) is 0 Å². The van der Waals surface area contributed by atoms with E-state index in [4.69, 9.17) is 4.74 Å². The lowest BCUT2D eigenvalue weighted by Gasteiger charge is -2.19. The molecule has 0 radical (unpaired) electrons. The second-order valence-electron chi connectivity index (χ2n) is 3.70. The Hall–Kier alpha value is -0.330. The molecule has 1 N–H and O–H groups in total. The van der Waals surface area contributed by atoms with Crippen molar-refractivity contribution in [1.82, 2.24) is 0 Å². The van der Waals surface area contributed by atoms with Gasteiger partial charge in [0, 0.05) is 6.42 Å². The second kappa shape index (κ2) is 7.45. The molecule has 104 valence electrons. The van der Waals surface area contributed by atoms with Crippen molar-refractivity contribution >= 4 is 53.8 Å². The Morgan fingerprint density at radius 1 is 1.26 bits per heavy atom. The number of carbonyl (C=O) groups is 1. The molecule has 0 spiro atoms. The molecule has 1 aromatic carbocycles. The van der Waals surface area contributed by atoms with Crippen molar-refractivity contribution in [3.05, 3.63) is 47.2 Å². The number of hydrogen-bond donors (Lipinski definition) is 1. The number of alkyl halides is 3. The first-order chi connectivity index (χ1) is 8.86. The minimum Gasteiger partial charge on any atom is -0.497 e. The van der Waals surface area contributed by atoms with E-state index in [0.29, 0.717) is 18.8 Å². The molecule has 19 heavy (non-hydrogen) atoms. The number of aliphatic carboxylic acids is 1. The summed E-state index contributed by atoms with van der Waals surface area (Å²) in [6.07, 6.45) is 0.418. The maximum absolute atomic E-state index is 11.4. The average molecular weight is 457 g/mol. The van der Waals surface area contributed by atoms with Gasteiger partial charge in [0.25, 0.3) is 0 Å². The van der Waals surface area contributed by atoms with E-state index in [1.54, 1.807) is 0 Å². The normalized spacial score (nSPS) is 12.8. The van der Waals surface area contributed by atoms with Gasteiger partial charge in [0.05, 0.1) is 6.61 Å². The van der Waals surface area contributed by atoms with E-state index in [9.17, 15) is 9.90 Å². The standard InChI is InChI=1S/C13H13Br3O3/c1-2-19-10(8-9-6-4-3-5-7-9)11(12(17)18)13(14,15)16/h3-7H,2,8H2,1H3,(H,17,18). The van der Waals surface area contributed by atoms with Crippen molar-refractivity contribution < 1.29 is 14.6 Å². The molecule has 0 aromatic heterocycles. The van der Waals surface area contributed by atoms with Crippen LogP contribution in [-0.4, -0.2) is 19.8 Å². The molecule has 0 aliphatic carbocycles. The summed E-state index contributed by atoms with van der Waals surface area (Å²) in [4.78, 5) is 11.4. The molecule has 0 aliphatic heterocycles. The summed E-state index contributed by atoms with van der Waals surface area (Å²) in [6.45, 7) is 2.23. The largest absolute Gasteiger partial charge is 0.497 e. The third kappa shape index (κ3) is 5.28. The Morgan fingerprint density at radius 3 is 2.26 bits per heavy atom. The minimum absolute atomic E-state index is 0.0956. The maximum atomic E-state index is 11.4. The number of allylic oxidation sites excluding steroid dienone is 1. The molecular weight excluding hydrogens is 444 g/mol. The molecule has 0 heterocycles. The van der Waals surface area contributed by atoms with Crippen LogP contribution in [0.15, 0.2) is 41.7 Å². The lowest BCUT2D eigenvalue weighted by molar-refractivity contribution is -0.132. The first-order valence-corrected chi connectivity index (χ1v) is 7.94. The van der Waals surface area contributed by atoms with Crippen LogP contribution in [0, 0.1) is 0 Å².